The largest absolute Gasteiger partial charge is 0.479 e. The van der Waals surface area contributed by atoms with E-state index in [-0.39, 0.29) is 44.3 Å². The molecular weight excluding hydrogens is 860 g/mol. The molecule has 1 saturated heterocycles. The molecule has 5 atom stereocenters. The number of aliphatic carboxylic acids is 1. The van der Waals surface area contributed by atoms with E-state index in [0.717, 1.165) is 0 Å². The zero-order valence-corrected chi connectivity index (χ0v) is 36.5. The number of esters is 1. The van der Waals surface area contributed by atoms with Gasteiger partial charge in [-0.2, -0.15) is 0 Å². The molecular formula is C40H68N2O22. The summed E-state index contributed by atoms with van der Waals surface area (Å²) in [7, 11) is 0. The third-order valence-corrected chi connectivity index (χ3v) is 8.38. The van der Waals surface area contributed by atoms with Crippen molar-refractivity contribution in [2.75, 3.05) is 159 Å². The molecule has 24 heteroatoms. The van der Waals surface area contributed by atoms with Crippen LogP contribution in [0.15, 0.2) is 18.2 Å². The van der Waals surface area contributed by atoms with Crippen molar-refractivity contribution in [1.29, 1.82) is 0 Å². The molecule has 1 aromatic rings. The highest BCUT2D eigenvalue weighted by molar-refractivity contribution is 5.97. The van der Waals surface area contributed by atoms with E-state index in [2.05, 4.69) is 10.2 Å². The fraction of sp³-hybridized carbons (Fsp3) is 0.775. The van der Waals surface area contributed by atoms with Gasteiger partial charge in [-0.3, -0.25) is 9.59 Å². The summed E-state index contributed by atoms with van der Waals surface area (Å²) in [4.78, 5) is 40.3. The van der Waals surface area contributed by atoms with Gasteiger partial charge in [0, 0.05) is 13.5 Å². The summed E-state index contributed by atoms with van der Waals surface area (Å²) in [6.45, 7) is 10.6. The highest BCUT2D eigenvalue weighted by Crippen LogP contribution is 2.28. The zero-order valence-electron chi connectivity index (χ0n) is 36.5. The van der Waals surface area contributed by atoms with Crippen LogP contribution in [0, 0.1) is 0 Å². The topological polar surface area (TPSA) is 309 Å². The number of rotatable bonds is 42. The first kappa shape index (κ1) is 56.9. The Morgan fingerprint density at radius 3 is 1.34 bits per heavy atom. The van der Waals surface area contributed by atoms with Gasteiger partial charge in [-0.25, -0.2) is 10.7 Å². The molecule has 1 fully saturated rings. The number of hydrogen-bond acceptors (Lipinski definition) is 22. The van der Waals surface area contributed by atoms with Gasteiger partial charge in [-0.1, -0.05) is 6.07 Å². The number of aliphatic hydroxyl groups excluding tert-OH is 3. The van der Waals surface area contributed by atoms with Crippen LogP contribution in [0.25, 0.3) is 0 Å². The van der Waals surface area contributed by atoms with Gasteiger partial charge in [0.1, 0.15) is 30.7 Å². The number of ether oxygens (including phenoxy) is 14. The lowest BCUT2D eigenvalue weighted by Crippen LogP contribution is -2.61. The number of amides is 1. The highest BCUT2D eigenvalue weighted by Gasteiger charge is 2.48. The fourth-order valence-corrected chi connectivity index (χ4v) is 5.15. The van der Waals surface area contributed by atoms with E-state index < -0.39 is 48.6 Å². The molecule has 1 aliphatic heterocycles. The van der Waals surface area contributed by atoms with Gasteiger partial charge in [-0.05, 0) is 17.7 Å². The Hall–Kier alpha value is -3.25. The third kappa shape index (κ3) is 27.3. The number of nitrogens with two attached hydrogens (primary N) is 1. The molecule has 0 saturated carbocycles. The van der Waals surface area contributed by atoms with Crippen molar-refractivity contribution in [3.05, 3.63) is 29.3 Å². The van der Waals surface area contributed by atoms with Crippen LogP contribution in [-0.4, -0.2) is 227 Å². The monoisotopic (exact) mass is 928 g/mol. The Morgan fingerprint density at radius 1 is 0.578 bits per heavy atom. The van der Waals surface area contributed by atoms with Gasteiger partial charge in [0.25, 0.3) is 5.91 Å². The molecule has 370 valence electrons. The number of aliphatic hydroxyl groups is 3. The van der Waals surface area contributed by atoms with E-state index >= 15 is 0 Å². The molecule has 24 nitrogen and oxygen atoms in total. The molecule has 0 aliphatic carbocycles. The standard InChI is InChI=1S/C40H68N2O22/c1-30(43)61-29-31-2-3-33(63-40-36(46)34(44)35(45)37(64-40)39(48)49)32(28-31)38(47)42-4-5-50-6-7-51-8-9-52-10-11-53-12-13-54-14-15-55-16-17-56-18-19-57-20-21-58-22-23-59-24-25-60-26-27-62-41/h2-3,28,34-37,40,44-46H,4-27,29,41H2,1H3,(H,42,47)(H,48,49)/t34-,35-,36+,37-,40+/m0/s1. The first-order valence-electron chi connectivity index (χ1n) is 21.0. The number of carbonyl (C=O) groups is 3. The van der Waals surface area contributed by atoms with Crippen LogP contribution >= 0.6 is 0 Å². The molecule has 1 heterocycles. The van der Waals surface area contributed by atoms with Crippen LogP contribution in [0.5, 0.6) is 5.75 Å². The SMILES string of the molecule is CC(=O)OCc1ccc(O[C@@H]2O[C@H](C(=O)O)[C@@H](O)[C@H](O)[C@H]2O)c(C(=O)NCCOCCOCCOCCOCCOCCOCCOCCOCCOCCOCCOCCON)c1. The van der Waals surface area contributed by atoms with Gasteiger partial charge < -0.3 is 96.9 Å². The molecule has 1 amide bonds. The van der Waals surface area contributed by atoms with E-state index in [4.69, 9.17) is 72.2 Å². The molecule has 0 unspecified atom stereocenters. The number of nitrogens with one attached hydrogen (secondary N) is 1. The number of carboxylic acid groups (broad SMARTS) is 1. The van der Waals surface area contributed by atoms with Crippen molar-refractivity contribution in [1.82, 2.24) is 5.32 Å². The Labute approximate surface area is 372 Å². The van der Waals surface area contributed by atoms with E-state index in [9.17, 15) is 34.8 Å². The van der Waals surface area contributed by atoms with Gasteiger partial charge in [0.2, 0.25) is 6.29 Å². The lowest BCUT2D eigenvalue weighted by molar-refractivity contribution is -0.271. The molecule has 0 bridgehead atoms. The van der Waals surface area contributed by atoms with E-state index in [0.29, 0.717) is 138 Å². The lowest BCUT2D eigenvalue weighted by Gasteiger charge is -2.38. The Bertz CT molecular complexity index is 1350. The quantitative estimate of drug-likeness (QED) is 0.0231. The van der Waals surface area contributed by atoms with Crippen molar-refractivity contribution in [2.45, 2.75) is 44.2 Å². The van der Waals surface area contributed by atoms with Crippen LogP contribution in [0.4, 0.5) is 0 Å². The summed E-state index contributed by atoms with van der Waals surface area (Å²) in [5.41, 5.74) is 0.357. The predicted octanol–water partition coefficient (Wildman–Crippen LogP) is -2.18. The van der Waals surface area contributed by atoms with Crippen LogP contribution < -0.4 is 16.0 Å². The third-order valence-electron chi connectivity index (χ3n) is 8.38. The maximum atomic E-state index is 13.1. The van der Waals surface area contributed by atoms with Gasteiger partial charge in [0.15, 0.2) is 6.10 Å². The Morgan fingerprint density at radius 2 is 0.969 bits per heavy atom. The molecule has 1 aliphatic rings. The molecule has 7 N–H and O–H groups in total. The van der Waals surface area contributed by atoms with Crippen molar-refractivity contribution >= 4 is 17.8 Å². The van der Waals surface area contributed by atoms with E-state index in [1.807, 2.05) is 0 Å². The number of hydrogen-bond donors (Lipinski definition) is 6. The minimum atomic E-state index is -1.92. The molecule has 2 rings (SSSR count). The highest BCUT2D eigenvalue weighted by atomic mass is 16.7. The second-order valence-electron chi connectivity index (χ2n) is 13.3. The second kappa shape index (κ2) is 37.9. The number of carboxylic acids is 1. The number of benzene rings is 1. The summed E-state index contributed by atoms with van der Waals surface area (Å²) in [6, 6.07) is 4.19. The fourth-order valence-electron chi connectivity index (χ4n) is 5.15. The smallest absolute Gasteiger partial charge is 0.335 e. The predicted molar refractivity (Wildman–Crippen MR) is 218 cm³/mol. The first-order chi connectivity index (χ1) is 31.1. The van der Waals surface area contributed by atoms with E-state index in [1.54, 1.807) is 0 Å². The van der Waals surface area contributed by atoms with Crippen molar-refractivity contribution in [3.63, 3.8) is 0 Å². The summed E-state index contributed by atoms with van der Waals surface area (Å²) in [6.07, 6.45) is -9.32. The molecule has 0 aromatic heterocycles. The van der Waals surface area contributed by atoms with Crippen molar-refractivity contribution in [2.24, 2.45) is 5.90 Å². The van der Waals surface area contributed by atoms with Gasteiger partial charge in [-0.15, -0.1) is 0 Å². The van der Waals surface area contributed by atoms with Gasteiger partial charge in [0.05, 0.1) is 158 Å². The minimum absolute atomic E-state index is 0.0686. The average molecular weight is 929 g/mol. The summed E-state index contributed by atoms with van der Waals surface area (Å²) < 4.78 is 75.6. The van der Waals surface area contributed by atoms with Gasteiger partial charge >= 0.3 is 11.9 Å². The maximum absolute atomic E-state index is 13.1. The van der Waals surface area contributed by atoms with E-state index in [1.165, 1.54) is 25.1 Å². The normalized spacial score (nSPS) is 18.5. The summed E-state index contributed by atoms with van der Waals surface area (Å²) in [5.74, 6) is 1.99. The summed E-state index contributed by atoms with van der Waals surface area (Å²) in [5, 5.41) is 42.5. The average Bonchev–Trinajstić information content (AvgIpc) is 3.28. The van der Waals surface area contributed by atoms with Crippen LogP contribution in [0.1, 0.15) is 22.8 Å². The Balaban J connectivity index is 1.39. The van der Waals surface area contributed by atoms with Crippen LogP contribution in [0.3, 0.4) is 0 Å². The minimum Gasteiger partial charge on any atom is -0.479 e. The van der Waals surface area contributed by atoms with Crippen LogP contribution in [-0.2, 0) is 82.6 Å². The first-order valence-corrected chi connectivity index (χ1v) is 21.0. The zero-order chi connectivity index (χ0) is 46.5. The maximum Gasteiger partial charge on any atom is 0.335 e. The number of carbonyl (C=O) groups excluding carboxylic acids is 2. The molecule has 1 aromatic carbocycles. The lowest BCUT2D eigenvalue weighted by atomic mass is 9.99. The molecule has 64 heavy (non-hydrogen) atoms. The molecule has 0 spiro atoms. The Kier molecular flexibility index (Phi) is 33.7. The van der Waals surface area contributed by atoms with Crippen molar-refractivity contribution in [3.8, 4) is 5.75 Å². The van der Waals surface area contributed by atoms with Crippen LogP contribution in [0.2, 0.25) is 0 Å². The molecule has 0 radical (unpaired) electrons. The van der Waals surface area contributed by atoms with Crippen molar-refractivity contribution < 1.29 is 106 Å². The summed E-state index contributed by atoms with van der Waals surface area (Å²) >= 11 is 0. The second-order valence-corrected chi connectivity index (χ2v) is 13.3.